The maximum atomic E-state index is 11.5. The number of rotatable bonds is 6. The minimum atomic E-state index is -0.288. The van der Waals surface area contributed by atoms with Crippen molar-refractivity contribution in [1.29, 1.82) is 0 Å². The van der Waals surface area contributed by atoms with Crippen LogP contribution in [0.4, 0.5) is 0 Å². The van der Waals surface area contributed by atoms with E-state index in [1.165, 1.54) is 0 Å². The zero-order valence-electron chi connectivity index (χ0n) is 8.75. The lowest BCUT2D eigenvalue weighted by Gasteiger charge is -2.17. The zero-order chi connectivity index (χ0) is 10.6. The van der Waals surface area contributed by atoms with Gasteiger partial charge in [-0.25, -0.2) is 0 Å². The fourth-order valence-electron chi connectivity index (χ4n) is 1.48. The number of hydrogen-bond donors (Lipinski definition) is 3. The summed E-state index contributed by atoms with van der Waals surface area (Å²) in [6.07, 6.45) is 3.20. The molecule has 0 bridgehead atoms. The maximum absolute atomic E-state index is 11.5. The molecule has 0 aliphatic heterocycles. The summed E-state index contributed by atoms with van der Waals surface area (Å²) in [7, 11) is 0. The lowest BCUT2D eigenvalue weighted by Crippen LogP contribution is -2.40. The lowest BCUT2D eigenvalue weighted by atomic mass is 10.0. The molecule has 1 saturated carbocycles. The van der Waals surface area contributed by atoms with Crippen LogP contribution in [0.5, 0.6) is 0 Å². The van der Waals surface area contributed by atoms with Gasteiger partial charge in [0, 0.05) is 6.42 Å². The van der Waals surface area contributed by atoms with Crippen molar-refractivity contribution in [2.45, 2.75) is 38.1 Å². The summed E-state index contributed by atoms with van der Waals surface area (Å²) in [4.78, 5) is 11.5. The third-order valence-corrected chi connectivity index (χ3v) is 2.95. The Morgan fingerprint density at radius 3 is 2.64 bits per heavy atom. The van der Waals surface area contributed by atoms with Gasteiger partial charge in [0.15, 0.2) is 0 Å². The number of nitrogens with two attached hydrogens (primary N) is 1. The summed E-state index contributed by atoms with van der Waals surface area (Å²) in [5.74, 6) is 0.290. The predicted octanol–water partition coefficient (Wildman–Crippen LogP) is 0.00250. The van der Waals surface area contributed by atoms with E-state index in [2.05, 4.69) is 5.32 Å². The van der Waals surface area contributed by atoms with Gasteiger partial charge in [-0.15, -0.1) is 0 Å². The van der Waals surface area contributed by atoms with E-state index in [4.69, 9.17) is 10.8 Å². The Morgan fingerprint density at radius 2 is 2.29 bits per heavy atom. The summed E-state index contributed by atoms with van der Waals surface area (Å²) in [6, 6.07) is 0. The molecular formula is C10H20N2O2. The molecule has 1 aliphatic carbocycles. The minimum Gasteiger partial charge on any atom is -0.394 e. The molecule has 0 heterocycles. The number of amides is 1. The van der Waals surface area contributed by atoms with Gasteiger partial charge in [0.1, 0.15) is 0 Å². The molecule has 0 spiro atoms. The largest absolute Gasteiger partial charge is 0.394 e. The first-order valence-electron chi connectivity index (χ1n) is 5.27. The molecule has 1 fully saturated rings. The van der Waals surface area contributed by atoms with Crippen LogP contribution in [0.3, 0.4) is 0 Å². The molecule has 4 N–H and O–H groups in total. The van der Waals surface area contributed by atoms with Gasteiger partial charge in [-0.2, -0.15) is 0 Å². The number of carbonyl (C=O) groups is 1. The molecule has 1 rings (SSSR count). The van der Waals surface area contributed by atoms with E-state index < -0.39 is 0 Å². The van der Waals surface area contributed by atoms with Crippen LogP contribution in [0.1, 0.15) is 32.6 Å². The molecule has 82 valence electrons. The van der Waals surface area contributed by atoms with Crippen LogP contribution < -0.4 is 11.1 Å². The molecule has 14 heavy (non-hydrogen) atoms. The van der Waals surface area contributed by atoms with Gasteiger partial charge in [0.05, 0.1) is 12.1 Å². The van der Waals surface area contributed by atoms with Crippen LogP contribution in [0.2, 0.25) is 0 Å². The van der Waals surface area contributed by atoms with Crippen LogP contribution in [0.15, 0.2) is 0 Å². The molecule has 4 heteroatoms. The summed E-state index contributed by atoms with van der Waals surface area (Å²) in [5, 5.41) is 11.9. The van der Waals surface area contributed by atoms with E-state index in [1.807, 2.05) is 6.92 Å². The second-order valence-electron chi connectivity index (χ2n) is 4.20. The van der Waals surface area contributed by atoms with Crippen molar-refractivity contribution in [2.75, 3.05) is 13.2 Å². The maximum Gasteiger partial charge on any atom is 0.220 e. The van der Waals surface area contributed by atoms with Gasteiger partial charge < -0.3 is 16.2 Å². The minimum absolute atomic E-state index is 0.0221. The van der Waals surface area contributed by atoms with Crippen molar-refractivity contribution in [3.8, 4) is 0 Å². The highest BCUT2D eigenvalue weighted by Crippen LogP contribution is 2.34. The fraction of sp³-hybridized carbons (Fsp3) is 0.900. The van der Waals surface area contributed by atoms with Gasteiger partial charge in [0.25, 0.3) is 0 Å². The van der Waals surface area contributed by atoms with Gasteiger partial charge in [-0.3, -0.25) is 4.79 Å². The molecule has 4 nitrogen and oxygen atoms in total. The third kappa shape index (κ3) is 2.96. The second-order valence-corrected chi connectivity index (χ2v) is 4.20. The third-order valence-electron chi connectivity index (χ3n) is 2.95. The van der Waals surface area contributed by atoms with E-state index >= 15 is 0 Å². The van der Waals surface area contributed by atoms with Crippen molar-refractivity contribution in [2.24, 2.45) is 11.7 Å². The van der Waals surface area contributed by atoms with Gasteiger partial charge in [-0.05, 0) is 25.3 Å². The first-order valence-corrected chi connectivity index (χ1v) is 5.27. The van der Waals surface area contributed by atoms with Crippen LogP contribution >= 0.6 is 0 Å². The molecule has 0 radical (unpaired) electrons. The summed E-state index contributed by atoms with van der Waals surface area (Å²) in [5.41, 5.74) is 5.23. The monoisotopic (exact) mass is 200 g/mol. The average Bonchev–Trinajstić information content (AvgIpc) is 2.95. The highest BCUT2D eigenvalue weighted by Gasteiger charge is 2.43. The van der Waals surface area contributed by atoms with Crippen LogP contribution in [0, 0.1) is 5.92 Å². The summed E-state index contributed by atoms with van der Waals surface area (Å²) < 4.78 is 0. The van der Waals surface area contributed by atoms with E-state index in [-0.39, 0.29) is 24.0 Å². The first-order chi connectivity index (χ1) is 6.65. The Morgan fingerprint density at radius 1 is 1.64 bits per heavy atom. The number of aliphatic hydroxyl groups is 1. The Labute approximate surface area is 84.9 Å². The number of hydrogen-bond acceptors (Lipinski definition) is 3. The molecule has 0 aromatic carbocycles. The average molecular weight is 200 g/mol. The second kappa shape index (κ2) is 4.75. The Balaban J connectivity index is 2.28. The zero-order valence-corrected chi connectivity index (χ0v) is 8.75. The van der Waals surface area contributed by atoms with Crippen molar-refractivity contribution in [3.05, 3.63) is 0 Å². The number of aliphatic hydroxyl groups excluding tert-OH is 1. The smallest absolute Gasteiger partial charge is 0.220 e. The van der Waals surface area contributed by atoms with E-state index in [9.17, 15) is 4.79 Å². The van der Waals surface area contributed by atoms with E-state index in [0.29, 0.717) is 13.0 Å². The summed E-state index contributed by atoms with van der Waals surface area (Å²) in [6.45, 7) is 2.64. The van der Waals surface area contributed by atoms with Gasteiger partial charge >= 0.3 is 0 Å². The molecule has 0 aromatic rings. The standard InChI is InChI=1S/C10H20N2O2/c1-2-8(6-11)5-9(14)12-10(7-13)3-4-10/h8,13H,2-7,11H2,1H3,(H,12,14). The van der Waals surface area contributed by atoms with Crippen molar-refractivity contribution < 1.29 is 9.90 Å². The SMILES string of the molecule is CCC(CN)CC(=O)NC1(CO)CC1. The summed E-state index contributed by atoms with van der Waals surface area (Å²) >= 11 is 0. The fourth-order valence-corrected chi connectivity index (χ4v) is 1.48. The molecule has 0 aromatic heterocycles. The highest BCUT2D eigenvalue weighted by molar-refractivity contribution is 5.77. The molecule has 1 aliphatic rings. The lowest BCUT2D eigenvalue weighted by molar-refractivity contribution is -0.123. The Kier molecular flexibility index (Phi) is 3.89. The Hall–Kier alpha value is -0.610. The molecule has 1 unspecified atom stereocenters. The Bertz CT molecular complexity index is 198. The van der Waals surface area contributed by atoms with Crippen molar-refractivity contribution >= 4 is 5.91 Å². The first kappa shape index (κ1) is 11.5. The highest BCUT2D eigenvalue weighted by atomic mass is 16.3. The van der Waals surface area contributed by atoms with Crippen LogP contribution in [-0.4, -0.2) is 29.7 Å². The van der Waals surface area contributed by atoms with Crippen LogP contribution in [-0.2, 0) is 4.79 Å². The van der Waals surface area contributed by atoms with Crippen molar-refractivity contribution in [3.63, 3.8) is 0 Å². The van der Waals surface area contributed by atoms with E-state index in [0.717, 1.165) is 19.3 Å². The quantitative estimate of drug-likeness (QED) is 0.565. The van der Waals surface area contributed by atoms with Crippen molar-refractivity contribution in [1.82, 2.24) is 5.32 Å². The van der Waals surface area contributed by atoms with Gasteiger partial charge in [0.2, 0.25) is 5.91 Å². The topological polar surface area (TPSA) is 75.4 Å². The molecule has 1 amide bonds. The number of nitrogens with one attached hydrogen (secondary N) is 1. The van der Waals surface area contributed by atoms with E-state index in [1.54, 1.807) is 0 Å². The number of carbonyl (C=O) groups excluding carboxylic acids is 1. The van der Waals surface area contributed by atoms with Gasteiger partial charge in [-0.1, -0.05) is 13.3 Å². The molecule has 0 saturated heterocycles. The molecular weight excluding hydrogens is 180 g/mol. The predicted molar refractivity (Wildman–Crippen MR) is 54.6 cm³/mol. The van der Waals surface area contributed by atoms with Crippen LogP contribution in [0.25, 0.3) is 0 Å². The molecule has 1 atom stereocenters. The normalized spacial score (nSPS) is 20.2.